The first kappa shape index (κ1) is 25.9. The van der Waals surface area contributed by atoms with Crippen molar-refractivity contribution in [2.45, 2.75) is 39.2 Å². The Morgan fingerprint density at radius 1 is 1.11 bits per heavy atom. The van der Waals surface area contributed by atoms with Crippen molar-refractivity contribution in [3.8, 4) is 22.1 Å². The lowest BCUT2D eigenvalue weighted by atomic mass is 10.0. The highest BCUT2D eigenvalue weighted by molar-refractivity contribution is 7.22. The van der Waals surface area contributed by atoms with Gasteiger partial charge in [0.25, 0.3) is 0 Å². The van der Waals surface area contributed by atoms with Crippen LogP contribution in [0.5, 0.6) is 11.5 Å². The van der Waals surface area contributed by atoms with E-state index in [1.54, 1.807) is 35.5 Å². The number of hydrogen-bond acceptors (Lipinski definition) is 7. The molecule has 38 heavy (non-hydrogen) atoms. The van der Waals surface area contributed by atoms with Crippen LogP contribution in [0, 0.1) is 11.7 Å². The van der Waals surface area contributed by atoms with Gasteiger partial charge >= 0.3 is 0 Å². The normalized spacial score (nSPS) is 13.0. The Balaban J connectivity index is 1.31. The van der Waals surface area contributed by atoms with Crippen molar-refractivity contribution in [3.63, 3.8) is 0 Å². The number of carbonyl (C=O) groups excluding carboxylic acids is 2. The number of nitrogens with zero attached hydrogens (tertiary/aromatic N) is 3. The topological polar surface area (TPSA) is 92.6 Å². The van der Waals surface area contributed by atoms with Gasteiger partial charge in [-0.3, -0.25) is 19.6 Å². The highest BCUT2D eigenvalue weighted by Crippen LogP contribution is 2.39. The minimum absolute atomic E-state index is 0.0891. The molecule has 196 valence electrons. The number of halogens is 1. The van der Waals surface area contributed by atoms with E-state index in [1.165, 1.54) is 24.3 Å². The number of carbonyl (C=O) groups is 2. The van der Waals surface area contributed by atoms with Gasteiger partial charge in [0.2, 0.25) is 5.91 Å². The van der Waals surface area contributed by atoms with Gasteiger partial charge in [0.1, 0.15) is 11.5 Å². The van der Waals surface area contributed by atoms with Gasteiger partial charge in [0.05, 0.1) is 27.4 Å². The average Bonchev–Trinajstić information content (AvgIpc) is 3.59. The maximum Gasteiger partial charge on any atom is 0.219 e. The van der Waals surface area contributed by atoms with E-state index in [9.17, 15) is 14.0 Å². The van der Waals surface area contributed by atoms with Crippen molar-refractivity contribution in [1.82, 2.24) is 14.9 Å². The second kappa shape index (κ2) is 11.4. The second-order valence-electron chi connectivity index (χ2n) is 9.58. The summed E-state index contributed by atoms with van der Waals surface area (Å²) in [6.07, 6.45) is 6.37. The third-order valence-electron chi connectivity index (χ3n) is 6.47. The largest absolute Gasteiger partial charge is 0.453 e. The van der Waals surface area contributed by atoms with E-state index in [0.29, 0.717) is 35.7 Å². The van der Waals surface area contributed by atoms with Crippen LogP contribution in [0.15, 0.2) is 54.9 Å². The Morgan fingerprint density at radius 3 is 2.61 bits per heavy atom. The fourth-order valence-corrected chi connectivity index (χ4v) is 5.32. The SMILES string of the molecule is CC(=O)N(CCO)Cc1ccc(-c2cc3nccc(Oc4ccc(CC(=O)CC5CC5)cc4F)c3s2)nc1. The number of aliphatic hydroxyl groups is 1. The maximum atomic E-state index is 14.9. The smallest absolute Gasteiger partial charge is 0.219 e. The summed E-state index contributed by atoms with van der Waals surface area (Å²) < 4.78 is 21.6. The van der Waals surface area contributed by atoms with Crippen molar-refractivity contribution >= 4 is 33.2 Å². The molecular weight excluding hydrogens is 505 g/mol. The zero-order chi connectivity index (χ0) is 26.6. The van der Waals surface area contributed by atoms with E-state index in [1.807, 2.05) is 18.2 Å². The molecule has 0 atom stereocenters. The molecule has 0 spiro atoms. The van der Waals surface area contributed by atoms with Crippen LogP contribution in [0.1, 0.15) is 37.3 Å². The van der Waals surface area contributed by atoms with E-state index in [-0.39, 0.29) is 37.0 Å². The molecule has 3 aromatic heterocycles. The summed E-state index contributed by atoms with van der Waals surface area (Å²) in [5.41, 5.74) is 2.96. The third-order valence-corrected chi connectivity index (χ3v) is 7.63. The second-order valence-corrected chi connectivity index (χ2v) is 10.6. The van der Waals surface area contributed by atoms with Crippen molar-refractivity contribution in [3.05, 3.63) is 71.8 Å². The Hall–Kier alpha value is -3.69. The molecule has 1 fully saturated rings. The number of thiophene rings is 1. The number of Topliss-reactive ketones (excluding diaryl/α,β-unsaturated/α-hetero) is 1. The summed E-state index contributed by atoms with van der Waals surface area (Å²) in [6.45, 7) is 2.01. The van der Waals surface area contributed by atoms with Crippen LogP contribution in [0.2, 0.25) is 0 Å². The fraction of sp³-hybridized carbons (Fsp3) is 0.310. The number of aromatic nitrogens is 2. The van der Waals surface area contributed by atoms with Crippen LogP contribution in [0.25, 0.3) is 20.8 Å². The highest BCUT2D eigenvalue weighted by atomic mass is 32.1. The van der Waals surface area contributed by atoms with Crippen LogP contribution < -0.4 is 4.74 Å². The molecule has 3 heterocycles. The standard InChI is InChI=1S/C29H28FN3O4S/c1-18(35)33(10-11-34)17-21-4-6-24(32-16-21)28-15-25-29(38-28)27(8-9-31-25)37-26-7-5-20(14-23(26)30)13-22(36)12-19-2-3-19/h4-9,14-16,19,34H,2-3,10-13,17H2,1H3. The number of hydrogen-bond donors (Lipinski definition) is 1. The van der Waals surface area contributed by atoms with E-state index in [0.717, 1.165) is 33.7 Å². The fourth-order valence-electron chi connectivity index (χ4n) is 4.27. The number of pyridine rings is 2. The predicted molar refractivity (Wildman–Crippen MR) is 144 cm³/mol. The van der Waals surface area contributed by atoms with E-state index >= 15 is 0 Å². The summed E-state index contributed by atoms with van der Waals surface area (Å²) in [5, 5.41) is 9.17. The van der Waals surface area contributed by atoms with Gasteiger partial charge in [0, 0.05) is 51.3 Å². The maximum absolute atomic E-state index is 14.9. The number of amides is 1. The molecule has 4 aromatic rings. The molecule has 0 radical (unpaired) electrons. The average molecular weight is 534 g/mol. The van der Waals surface area contributed by atoms with Gasteiger partial charge in [-0.25, -0.2) is 4.39 Å². The Labute approximate surface area is 223 Å². The molecule has 0 aliphatic heterocycles. The Bertz CT molecular complexity index is 1470. The molecule has 0 unspecified atom stereocenters. The first-order valence-corrected chi connectivity index (χ1v) is 13.4. The van der Waals surface area contributed by atoms with Crippen molar-refractivity contribution in [1.29, 1.82) is 0 Å². The van der Waals surface area contributed by atoms with Crippen molar-refractivity contribution < 1.29 is 23.8 Å². The van der Waals surface area contributed by atoms with Crippen LogP contribution in [0.4, 0.5) is 4.39 Å². The summed E-state index contributed by atoms with van der Waals surface area (Å²) in [6, 6.07) is 12.1. The highest BCUT2D eigenvalue weighted by Gasteiger charge is 2.24. The molecular formula is C29H28FN3O4S. The molecule has 1 N–H and O–H groups in total. The summed E-state index contributed by atoms with van der Waals surface area (Å²) >= 11 is 1.44. The number of benzene rings is 1. The lowest BCUT2D eigenvalue weighted by molar-refractivity contribution is -0.130. The number of ether oxygens (including phenoxy) is 1. The van der Waals surface area contributed by atoms with Crippen LogP contribution in [0.3, 0.4) is 0 Å². The van der Waals surface area contributed by atoms with Crippen LogP contribution in [-0.4, -0.2) is 44.8 Å². The van der Waals surface area contributed by atoms with Gasteiger partial charge in [-0.15, -0.1) is 11.3 Å². The summed E-state index contributed by atoms with van der Waals surface area (Å²) in [7, 11) is 0. The molecule has 1 aliphatic rings. The van der Waals surface area contributed by atoms with Gasteiger partial charge in [-0.1, -0.05) is 12.1 Å². The molecule has 1 amide bonds. The lowest BCUT2D eigenvalue weighted by Crippen LogP contribution is -2.30. The zero-order valence-electron chi connectivity index (χ0n) is 21.0. The molecule has 7 nitrogen and oxygen atoms in total. The number of aliphatic hydroxyl groups excluding tert-OH is 1. The molecule has 0 bridgehead atoms. The van der Waals surface area contributed by atoms with Gasteiger partial charge in [-0.2, -0.15) is 0 Å². The number of fused-ring (bicyclic) bond motifs is 1. The molecule has 1 saturated carbocycles. The quantitative estimate of drug-likeness (QED) is 0.272. The molecule has 1 aromatic carbocycles. The minimum atomic E-state index is -0.512. The van der Waals surface area contributed by atoms with Crippen LogP contribution >= 0.6 is 11.3 Å². The Kier molecular flexibility index (Phi) is 7.76. The third kappa shape index (κ3) is 6.23. The van der Waals surface area contributed by atoms with E-state index < -0.39 is 5.82 Å². The van der Waals surface area contributed by atoms with E-state index in [4.69, 9.17) is 9.84 Å². The zero-order valence-corrected chi connectivity index (χ0v) is 21.8. The first-order valence-electron chi connectivity index (χ1n) is 12.6. The van der Waals surface area contributed by atoms with Gasteiger partial charge < -0.3 is 14.7 Å². The molecule has 5 rings (SSSR count). The monoisotopic (exact) mass is 533 g/mol. The first-order chi connectivity index (χ1) is 18.4. The molecule has 1 aliphatic carbocycles. The lowest BCUT2D eigenvalue weighted by Gasteiger charge is -2.19. The number of rotatable bonds is 11. The Morgan fingerprint density at radius 2 is 1.92 bits per heavy atom. The predicted octanol–water partition coefficient (Wildman–Crippen LogP) is 5.54. The van der Waals surface area contributed by atoms with Crippen molar-refractivity contribution in [2.75, 3.05) is 13.2 Å². The summed E-state index contributed by atoms with van der Waals surface area (Å²) in [5.74, 6) is 0.611. The minimum Gasteiger partial charge on any atom is -0.453 e. The number of ketones is 1. The van der Waals surface area contributed by atoms with Gasteiger partial charge in [-0.05, 0) is 54.2 Å². The molecule has 9 heteroatoms. The van der Waals surface area contributed by atoms with Gasteiger partial charge in [0.15, 0.2) is 11.6 Å². The van der Waals surface area contributed by atoms with Crippen LogP contribution in [-0.2, 0) is 22.6 Å². The van der Waals surface area contributed by atoms with Crippen molar-refractivity contribution in [2.24, 2.45) is 5.92 Å². The molecule has 0 saturated heterocycles. The summed E-state index contributed by atoms with van der Waals surface area (Å²) in [4.78, 5) is 35.3. The van der Waals surface area contributed by atoms with E-state index in [2.05, 4.69) is 9.97 Å².